The Balaban J connectivity index is 2.08. The monoisotopic (exact) mass is 307 g/mol. The minimum absolute atomic E-state index is 0.412. The summed E-state index contributed by atoms with van der Waals surface area (Å²) in [6, 6.07) is 4.26. The molecule has 2 aromatic rings. The maximum Gasteiger partial charge on any atom is 0.215 e. The van der Waals surface area contributed by atoms with E-state index in [1.54, 1.807) is 7.11 Å². The van der Waals surface area contributed by atoms with Crippen LogP contribution in [0, 0.1) is 5.92 Å². The minimum Gasteiger partial charge on any atom is -0.481 e. The van der Waals surface area contributed by atoms with Gasteiger partial charge in [-0.3, -0.25) is 0 Å². The van der Waals surface area contributed by atoms with Crippen LogP contribution in [0.15, 0.2) is 12.1 Å². The van der Waals surface area contributed by atoms with E-state index in [0.717, 1.165) is 23.4 Å². The van der Waals surface area contributed by atoms with Gasteiger partial charge in [0.25, 0.3) is 0 Å². The number of hydrogen-bond acceptors (Lipinski definition) is 3. The SMILES string of the molecule is COc1ccc2nc(CCCl)n(C(C)C3CCCC3)c2n1. The van der Waals surface area contributed by atoms with Gasteiger partial charge in [0, 0.05) is 24.4 Å². The zero-order valence-corrected chi connectivity index (χ0v) is 13.4. The molecule has 2 heterocycles. The average Bonchev–Trinajstić information content (AvgIpc) is 3.13. The van der Waals surface area contributed by atoms with Gasteiger partial charge in [-0.1, -0.05) is 12.8 Å². The van der Waals surface area contributed by atoms with Gasteiger partial charge in [0.1, 0.15) is 11.3 Å². The Morgan fingerprint density at radius 3 is 2.76 bits per heavy atom. The van der Waals surface area contributed by atoms with E-state index in [-0.39, 0.29) is 0 Å². The second-order valence-corrected chi connectivity index (χ2v) is 6.20. The molecule has 21 heavy (non-hydrogen) atoms. The van der Waals surface area contributed by atoms with Crippen molar-refractivity contribution in [3.63, 3.8) is 0 Å². The molecule has 1 aliphatic carbocycles. The molecule has 0 aliphatic heterocycles. The van der Waals surface area contributed by atoms with Gasteiger partial charge in [-0.05, 0) is 31.7 Å². The number of imidazole rings is 1. The summed E-state index contributed by atoms with van der Waals surface area (Å²) in [6.07, 6.45) is 6.04. The summed E-state index contributed by atoms with van der Waals surface area (Å²) < 4.78 is 7.56. The molecule has 0 bridgehead atoms. The summed E-state index contributed by atoms with van der Waals surface area (Å²) in [5.41, 5.74) is 1.86. The van der Waals surface area contributed by atoms with Crippen molar-refractivity contribution in [2.75, 3.05) is 13.0 Å². The van der Waals surface area contributed by atoms with Crippen molar-refractivity contribution in [3.05, 3.63) is 18.0 Å². The van der Waals surface area contributed by atoms with E-state index >= 15 is 0 Å². The summed E-state index contributed by atoms with van der Waals surface area (Å²) >= 11 is 5.96. The third-order valence-corrected chi connectivity index (χ3v) is 4.79. The number of aryl methyl sites for hydroxylation is 1. The van der Waals surface area contributed by atoms with Crippen LogP contribution >= 0.6 is 11.6 Å². The third-order valence-electron chi connectivity index (χ3n) is 4.60. The van der Waals surface area contributed by atoms with Gasteiger partial charge in [0.05, 0.1) is 7.11 Å². The molecule has 1 aliphatic rings. The van der Waals surface area contributed by atoms with Crippen LogP contribution in [0.4, 0.5) is 0 Å². The number of halogens is 1. The van der Waals surface area contributed by atoms with Gasteiger partial charge in [0.2, 0.25) is 5.88 Å². The Hall–Kier alpha value is -1.29. The first-order valence-corrected chi connectivity index (χ1v) is 8.26. The van der Waals surface area contributed by atoms with Crippen molar-refractivity contribution in [1.82, 2.24) is 14.5 Å². The highest BCUT2D eigenvalue weighted by Crippen LogP contribution is 2.36. The Bertz CT molecular complexity index is 619. The van der Waals surface area contributed by atoms with Crippen molar-refractivity contribution in [3.8, 4) is 5.88 Å². The predicted molar refractivity (Wildman–Crippen MR) is 85.2 cm³/mol. The first-order chi connectivity index (χ1) is 10.2. The zero-order valence-electron chi connectivity index (χ0n) is 12.7. The average molecular weight is 308 g/mol. The van der Waals surface area contributed by atoms with E-state index in [0.29, 0.717) is 23.7 Å². The number of methoxy groups -OCH3 is 1. The molecule has 5 heteroatoms. The van der Waals surface area contributed by atoms with Crippen LogP contribution in [0.2, 0.25) is 0 Å². The fourth-order valence-corrected chi connectivity index (χ4v) is 3.63. The van der Waals surface area contributed by atoms with Crippen LogP contribution in [0.3, 0.4) is 0 Å². The van der Waals surface area contributed by atoms with Crippen LogP contribution < -0.4 is 4.74 Å². The molecular formula is C16H22ClN3O. The summed E-state index contributed by atoms with van der Waals surface area (Å²) in [5.74, 6) is 2.97. The van der Waals surface area contributed by atoms with Gasteiger partial charge in [-0.25, -0.2) is 4.98 Å². The van der Waals surface area contributed by atoms with Crippen LogP contribution in [-0.2, 0) is 6.42 Å². The molecule has 2 aromatic heterocycles. The molecule has 114 valence electrons. The van der Waals surface area contributed by atoms with Crippen molar-refractivity contribution in [2.24, 2.45) is 5.92 Å². The van der Waals surface area contributed by atoms with E-state index in [4.69, 9.17) is 21.3 Å². The number of hydrogen-bond donors (Lipinski definition) is 0. The number of pyridine rings is 1. The van der Waals surface area contributed by atoms with Gasteiger partial charge in [0.15, 0.2) is 5.65 Å². The highest BCUT2D eigenvalue weighted by molar-refractivity contribution is 6.17. The van der Waals surface area contributed by atoms with Gasteiger partial charge in [-0.2, -0.15) is 4.98 Å². The molecule has 0 radical (unpaired) electrons. The van der Waals surface area contributed by atoms with Gasteiger partial charge >= 0.3 is 0 Å². The van der Waals surface area contributed by atoms with Crippen molar-refractivity contribution in [1.29, 1.82) is 0 Å². The van der Waals surface area contributed by atoms with E-state index in [9.17, 15) is 0 Å². The largest absolute Gasteiger partial charge is 0.481 e. The topological polar surface area (TPSA) is 39.9 Å². The molecule has 0 amide bonds. The summed E-state index contributed by atoms with van der Waals surface area (Å²) in [6.45, 7) is 2.29. The van der Waals surface area contributed by atoms with E-state index < -0.39 is 0 Å². The molecular weight excluding hydrogens is 286 g/mol. The smallest absolute Gasteiger partial charge is 0.215 e. The molecule has 0 aromatic carbocycles. The number of fused-ring (bicyclic) bond motifs is 1. The van der Waals surface area contributed by atoms with Crippen LogP contribution in [0.25, 0.3) is 11.2 Å². The van der Waals surface area contributed by atoms with E-state index in [2.05, 4.69) is 16.5 Å². The summed E-state index contributed by atoms with van der Waals surface area (Å²) in [5, 5.41) is 0. The van der Waals surface area contributed by atoms with Gasteiger partial charge < -0.3 is 9.30 Å². The lowest BCUT2D eigenvalue weighted by atomic mass is 9.99. The number of nitrogens with zero attached hydrogens (tertiary/aromatic N) is 3. The molecule has 4 nitrogen and oxygen atoms in total. The minimum atomic E-state index is 0.412. The van der Waals surface area contributed by atoms with Crippen molar-refractivity contribution in [2.45, 2.75) is 45.1 Å². The molecule has 1 unspecified atom stereocenters. The normalized spacial score (nSPS) is 17.5. The highest BCUT2D eigenvalue weighted by atomic mass is 35.5. The summed E-state index contributed by atoms with van der Waals surface area (Å²) in [7, 11) is 1.65. The Morgan fingerprint density at radius 2 is 2.10 bits per heavy atom. The lowest BCUT2D eigenvalue weighted by Crippen LogP contribution is -2.17. The Kier molecular flexibility index (Phi) is 4.34. The van der Waals surface area contributed by atoms with Crippen molar-refractivity contribution >= 4 is 22.8 Å². The molecule has 1 fully saturated rings. The Morgan fingerprint density at radius 1 is 1.33 bits per heavy atom. The Labute approximate surface area is 130 Å². The number of aromatic nitrogens is 3. The van der Waals surface area contributed by atoms with E-state index in [1.807, 2.05) is 12.1 Å². The second-order valence-electron chi connectivity index (χ2n) is 5.82. The van der Waals surface area contributed by atoms with Crippen LogP contribution in [-0.4, -0.2) is 27.5 Å². The maximum atomic E-state index is 5.96. The number of rotatable bonds is 5. The first-order valence-electron chi connectivity index (χ1n) is 7.72. The molecule has 0 N–H and O–H groups in total. The first kappa shape index (κ1) is 14.6. The third kappa shape index (κ3) is 2.73. The zero-order chi connectivity index (χ0) is 14.8. The van der Waals surface area contributed by atoms with Crippen LogP contribution in [0.1, 0.15) is 44.5 Å². The quantitative estimate of drug-likeness (QED) is 0.785. The predicted octanol–water partition coefficient (Wildman–Crippen LogP) is 3.97. The standard InChI is InChI=1S/C16H22ClN3O/c1-11(12-5-3-4-6-12)20-14(9-10-17)18-13-7-8-15(21-2)19-16(13)20/h7-8,11-12H,3-6,9-10H2,1-2H3. The fourth-order valence-electron chi connectivity index (χ4n) is 3.46. The molecule has 0 saturated heterocycles. The molecule has 0 spiro atoms. The van der Waals surface area contributed by atoms with Crippen LogP contribution in [0.5, 0.6) is 5.88 Å². The summed E-state index contributed by atoms with van der Waals surface area (Å²) in [4.78, 5) is 9.35. The highest BCUT2D eigenvalue weighted by Gasteiger charge is 2.26. The second kappa shape index (κ2) is 6.22. The fraction of sp³-hybridized carbons (Fsp3) is 0.625. The maximum absolute atomic E-state index is 5.96. The van der Waals surface area contributed by atoms with E-state index in [1.165, 1.54) is 25.7 Å². The van der Waals surface area contributed by atoms with Gasteiger partial charge in [-0.15, -0.1) is 11.6 Å². The lowest BCUT2D eigenvalue weighted by Gasteiger charge is -2.23. The number of ether oxygens (including phenoxy) is 1. The molecule has 1 atom stereocenters. The number of alkyl halides is 1. The lowest BCUT2D eigenvalue weighted by molar-refractivity contribution is 0.357. The molecule has 1 saturated carbocycles. The van der Waals surface area contributed by atoms with Crippen molar-refractivity contribution < 1.29 is 4.74 Å². The molecule has 3 rings (SSSR count).